The van der Waals surface area contributed by atoms with Crippen LogP contribution in [0.1, 0.15) is 17.3 Å². The van der Waals surface area contributed by atoms with E-state index >= 15 is 0 Å². The summed E-state index contributed by atoms with van der Waals surface area (Å²) < 4.78 is 0. The Morgan fingerprint density at radius 2 is 2.33 bits per heavy atom. The van der Waals surface area contributed by atoms with Gasteiger partial charge < -0.3 is 10.4 Å². The van der Waals surface area contributed by atoms with Crippen molar-refractivity contribution in [3.05, 3.63) is 28.0 Å². The molecule has 0 fully saturated rings. The summed E-state index contributed by atoms with van der Waals surface area (Å²) in [6, 6.07) is 1.42. The van der Waals surface area contributed by atoms with Crippen molar-refractivity contribution >= 4 is 29.1 Å². The van der Waals surface area contributed by atoms with Gasteiger partial charge in [-0.2, -0.15) is 0 Å². The molecule has 1 rings (SSSR count). The van der Waals surface area contributed by atoms with E-state index in [0.717, 1.165) is 0 Å². The maximum Gasteiger partial charge on any atom is 0.252 e. The van der Waals surface area contributed by atoms with E-state index in [1.807, 2.05) is 0 Å². The van der Waals surface area contributed by atoms with Gasteiger partial charge in [0.05, 0.1) is 16.7 Å². The second kappa shape index (κ2) is 5.30. The molecule has 1 aromatic rings. The average Bonchev–Trinajstić information content (AvgIpc) is 2.18. The molecule has 82 valence electrons. The third-order valence-electron chi connectivity index (χ3n) is 1.62. The molecule has 1 heterocycles. The Kier molecular flexibility index (Phi) is 4.32. The largest absolute Gasteiger partial charge is 0.392 e. The van der Waals surface area contributed by atoms with E-state index < -0.39 is 6.10 Å². The van der Waals surface area contributed by atoms with Crippen molar-refractivity contribution in [3.63, 3.8) is 0 Å². The summed E-state index contributed by atoms with van der Waals surface area (Å²) in [6.45, 7) is 1.76. The van der Waals surface area contributed by atoms with E-state index in [0.29, 0.717) is 5.56 Å². The highest BCUT2D eigenvalue weighted by molar-refractivity contribution is 6.41. The number of amides is 1. The summed E-state index contributed by atoms with van der Waals surface area (Å²) in [4.78, 5) is 15.2. The molecular formula is C9H10Cl2N2O2. The Bertz CT molecular complexity index is 369. The van der Waals surface area contributed by atoms with E-state index in [4.69, 9.17) is 28.3 Å². The van der Waals surface area contributed by atoms with Gasteiger partial charge in [-0.15, -0.1) is 0 Å². The first-order valence-corrected chi connectivity index (χ1v) is 5.03. The Hall–Kier alpha value is -0.840. The smallest absolute Gasteiger partial charge is 0.252 e. The fourth-order valence-corrected chi connectivity index (χ4v) is 1.16. The van der Waals surface area contributed by atoms with E-state index in [1.165, 1.54) is 12.3 Å². The van der Waals surface area contributed by atoms with Gasteiger partial charge in [0, 0.05) is 12.7 Å². The standard InChI is InChI=1S/C9H10Cl2N2O2/c1-5(14)3-13-9(15)6-2-7(10)8(11)12-4-6/h2,4-5,14H,3H2,1H3,(H,13,15). The van der Waals surface area contributed by atoms with Crippen molar-refractivity contribution < 1.29 is 9.90 Å². The van der Waals surface area contributed by atoms with Crippen LogP contribution in [0.3, 0.4) is 0 Å². The quantitative estimate of drug-likeness (QED) is 0.798. The number of aliphatic hydroxyl groups excluding tert-OH is 1. The number of aromatic nitrogens is 1. The maximum atomic E-state index is 11.4. The first-order valence-electron chi connectivity index (χ1n) is 4.28. The van der Waals surface area contributed by atoms with E-state index in [2.05, 4.69) is 10.3 Å². The molecule has 0 aliphatic heterocycles. The van der Waals surface area contributed by atoms with Crippen LogP contribution in [-0.4, -0.2) is 28.6 Å². The van der Waals surface area contributed by atoms with Gasteiger partial charge in [0.2, 0.25) is 0 Å². The number of carbonyl (C=O) groups excluding carboxylic acids is 1. The number of rotatable bonds is 3. The minimum atomic E-state index is -0.593. The Balaban J connectivity index is 2.70. The summed E-state index contributed by atoms with van der Waals surface area (Å²) >= 11 is 11.3. The number of nitrogens with zero attached hydrogens (tertiary/aromatic N) is 1. The van der Waals surface area contributed by atoms with E-state index in [-0.39, 0.29) is 22.6 Å². The van der Waals surface area contributed by atoms with Crippen LogP contribution in [0.4, 0.5) is 0 Å². The molecule has 0 aliphatic rings. The highest BCUT2D eigenvalue weighted by Crippen LogP contribution is 2.19. The molecule has 0 radical (unpaired) electrons. The first-order chi connectivity index (χ1) is 7.00. The molecular weight excluding hydrogens is 239 g/mol. The normalized spacial score (nSPS) is 12.3. The van der Waals surface area contributed by atoms with Crippen molar-refractivity contribution in [2.24, 2.45) is 0 Å². The average molecular weight is 249 g/mol. The number of carbonyl (C=O) groups is 1. The van der Waals surface area contributed by atoms with Gasteiger partial charge in [0.15, 0.2) is 0 Å². The highest BCUT2D eigenvalue weighted by Gasteiger charge is 2.09. The molecule has 0 saturated heterocycles. The molecule has 1 atom stereocenters. The highest BCUT2D eigenvalue weighted by atomic mass is 35.5. The summed E-state index contributed by atoms with van der Waals surface area (Å²) in [5.74, 6) is -0.345. The molecule has 0 aromatic carbocycles. The van der Waals surface area contributed by atoms with Crippen molar-refractivity contribution in [1.29, 1.82) is 0 Å². The van der Waals surface area contributed by atoms with E-state index in [9.17, 15) is 4.79 Å². The summed E-state index contributed by atoms with van der Waals surface area (Å²) in [5.41, 5.74) is 0.310. The van der Waals surface area contributed by atoms with Gasteiger partial charge in [-0.3, -0.25) is 4.79 Å². The number of aliphatic hydroxyl groups is 1. The van der Waals surface area contributed by atoms with Crippen LogP contribution in [0.5, 0.6) is 0 Å². The third kappa shape index (κ3) is 3.66. The predicted octanol–water partition coefficient (Wildman–Crippen LogP) is 1.50. The molecule has 6 heteroatoms. The van der Waals surface area contributed by atoms with Gasteiger partial charge >= 0.3 is 0 Å². The van der Waals surface area contributed by atoms with Crippen LogP contribution in [0, 0.1) is 0 Å². The fourth-order valence-electron chi connectivity index (χ4n) is 0.888. The second-order valence-corrected chi connectivity index (χ2v) is 3.82. The molecule has 0 aliphatic carbocycles. The Labute approximate surface area is 97.2 Å². The Morgan fingerprint density at radius 1 is 1.67 bits per heavy atom. The molecule has 0 saturated carbocycles. The monoisotopic (exact) mass is 248 g/mol. The molecule has 0 spiro atoms. The van der Waals surface area contributed by atoms with Crippen LogP contribution >= 0.6 is 23.2 Å². The SMILES string of the molecule is CC(O)CNC(=O)c1cnc(Cl)c(Cl)c1. The maximum absolute atomic E-state index is 11.4. The fraction of sp³-hybridized carbons (Fsp3) is 0.333. The number of hydrogen-bond acceptors (Lipinski definition) is 3. The lowest BCUT2D eigenvalue weighted by molar-refractivity contribution is 0.0923. The summed E-state index contributed by atoms with van der Waals surface area (Å²) in [5, 5.41) is 11.9. The van der Waals surface area contributed by atoms with Gasteiger partial charge in [0.25, 0.3) is 5.91 Å². The van der Waals surface area contributed by atoms with Gasteiger partial charge in [0.1, 0.15) is 5.15 Å². The van der Waals surface area contributed by atoms with Gasteiger partial charge in [-0.1, -0.05) is 23.2 Å². The second-order valence-electron chi connectivity index (χ2n) is 3.06. The van der Waals surface area contributed by atoms with Gasteiger partial charge in [-0.05, 0) is 13.0 Å². The molecule has 2 N–H and O–H groups in total. The summed E-state index contributed by atoms with van der Waals surface area (Å²) in [6.07, 6.45) is 0.732. The van der Waals surface area contributed by atoms with E-state index in [1.54, 1.807) is 6.92 Å². The predicted molar refractivity (Wildman–Crippen MR) is 58.3 cm³/mol. The Morgan fingerprint density at radius 3 is 2.87 bits per heavy atom. The molecule has 1 amide bonds. The minimum Gasteiger partial charge on any atom is -0.392 e. The molecule has 1 unspecified atom stereocenters. The lowest BCUT2D eigenvalue weighted by atomic mass is 10.2. The van der Waals surface area contributed by atoms with Crippen LogP contribution in [-0.2, 0) is 0 Å². The molecule has 1 aromatic heterocycles. The lowest BCUT2D eigenvalue weighted by Gasteiger charge is -2.07. The molecule has 0 bridgehead atoms. The summed E-state index contributed by atoms with van der Waals surface area (Å²) in [7, 11) is 0. The minimum absolute atomic E-state index is 0.156. The topological polar surface area (TPSA) is 62.2 Å². The molecule has 4 nitrogen and oxygen atoms in total. The number of hydrogen-bond donors (Lipinski definition) is 2. The number of nitrogens with one attached hydrogen (secondary N) is 1. The lowest BCUT2D eigenvalue weighted by Crippen LogP contribution is -2.30. The van der Waals surface area contributed by atoms with Crippen molar-refractivity contribution in [2.75, 3.05) is 6.54 Å². The first kappa shape index (κ1) is 12.2. The third-order valence-corrected chi connectivity index (χ3v) is 2.30. The zero-order valence-corrected chi connectivity index (χ0v) is 9.51. The zero-order valence-electron chi connectivity index (χ0n) is 8.00. The van der Waals surface area contributed by atoms with Crippen LogP contribution < -0.4 is 5.32 Å². The number of pyridine rings is 1. The van der Waals surface area contributed by atoms with Crippen LogP contribution in [0.2, 0.25) is 10.2 Å². The van der Waals surface area contributed by atoms with Crippen LogP contribution in [0.15, 0.2) is 12.3 Å². The van der Waals surface area contributed by atoms with Crippen molar-refractivity contribution in [2.45, 2.75) is 13.0 Å². The number of halogens is 2. The van der Waals surface area contributed by atoms with Crippen molar-refractivity contribution in [3.8, 4) is 0 Å². The zero-order chi connectivity index (χ0) is 11.4. The van der Waals surface area contributed by atoms with Crippen molar-refractivity contribution in [1.82, 2.24) is 10.3 Å². The molecule has 15 heavy (non-hydrogen) atoms. The van der Waals surface area contributed by atoms with Gasteiger partial charge in [-0.25, -0.2) is 4.98 Å². The van der Waals surface area contributed by atoms with Crippen LogP contribution in [0.25, 0.3) is 0 Å².